The summed E-state index contributed by atoms with van der Waals surface area (Å²) < 4.78 is 0. The minimum atomic E-state index is -0.416. The number of hydrogen-bond donors (Lipinski definition) is 4. The standard InChI is InChI=1S/C25H23N7O2/c26-20-8-4-5-9-21(20)29-22(33)15-14-17-10-12-18(13-11-17)16-28-25(34)23-24(27)31-32(30-23)19-6-2-1-3-7-19/h1-15H,16,26H2,(H2,27,31)(H,28,34)(H,29,33)/b15-14+. The minimum Gasteiger partial charge on any atom is -0.397 e. The normalized spacial score (nSPS) is 10.8. The van der Waals surface area contributed by atoms with Crippen LogP contribution in [0.15, 0.2) is 84.9 Å². The molecule has 0 unspecified atom stereocenters. The van der Waals surface area contributed by atoms with Crippen LogP contribution >= 0.6 is 0 Å². The molecule has 4 rings (SSSR count). The van der Waals surface area contributed by atoms with E-state index in [0.717, 1.165) is 11.1 Å². The molecule has 0 saturated carbocycles. The largest absolute Gasteiger partial charge is 0.397 e. The maximum atomic E-state index is 12.5. The average Bonchev–Trinajstić information content (AvgIpc) is 3.25. The first-order chi connectivity index (χ1) is 16.5. The van der Waals surface area contributed by atoms with Crippen LogP contribution in [-0.2, 0) is 11.3 Å². The van der Waals surface area contributed by atoms with Gasteiger partial charge in [-0.25, -0.2) is 0 Å². The fourth-order valence-corrected chi connectivity index (χ4v) is 3.13. The van der Waals surface area contributed by atoms with Gasteiger partial charge in [-0.3, -0.25) is 9.59 Å². The number of nitrogens with one attached hydrogen (secondary N) is 2. The first-order valence-corrected chi connectivity index (χ1v) is 10.5. The highest BCUT2D eigenvalue weighted by Crippen LogP contribution is 2.17. The third kappa shape index (κ3) is 5.46. The zero-order valence-corrected chi connectivity index (χ0v) is 18.2. The molecule has 0 bridgehead atoms. The summed E-state index contributed by atoms with van der Waals surface area (Å²) in [6.07, 6.45) is 3.13. The fourth-order valence-electron chi connectivity index (χ4n) is 3.13. The average molecular weight is 454 g/mol. The number of nitrogen functional groups attached to an aromatic ring is 2. The quantitative estimate of drug-likeness (QED) is 0.250. The van der Waals surface area contributed by atoms with E-state index in [1.807, 2.05) is 54.6 Å². The van der Waals surface area contributed by atoms with Gasteiger partial charge in [0.1, 0.15) is 0 Å². The van der Waals surface area contributed by atoms with E-state index in [1.165, 1.54) is 10.9 Å². The number of nitrogens with zero attached hydrogens (tertiary/aromatic N) is 3. The first-order valence-electron chi connectivity index (χ1n) is 10.5. The van der Waals surface area contributed by atoms with Gasteiger partial charge in [-0.2, -0.15) is 0 Å². The van der Waals surface area contributed by atoms with Crippen molar-refractivity contribution in [1.29, 1.82) is 0 Å². The highest BCUT2D eigenvalue weighted by Gasteiger charge is 2.17. The Morgan fingerprint density at radius 1 is 0.882 bits per heavy atom. The van der Waals surface area contributed by atoms with Gasteiger partial charge in [0.25, 0.3) is 5.91 Å². The third-order valence-electron chi connectivity index (χ3n) is 4.92. The van der Waals surface area contributed by atoms with Gasteiger partial charge in [0, 0.05) is 12.6 Å². The Hall–Kier alpha value is -4.92. The molecule has 9 nitrogen and oxygen atoms in total. The molecule has 0 aliphatic rings. The van der Waals surface area contributed by atoms with Crippen LogP contribution < -0.4 is 22.1 Å². The van der Waals surface area contributed by atoms with Crippen LogP contribution in [0.1, 0.15) is 21.6 Å². The maximum Gasteiger partial charge on any atom is 0.275 e. The Kier molecular flexibility index (Phi) is 6.64. The Labute approximate surface area is 196 Å². The van der Waals surface area contributed by atoms with Gasteiger partial charge < -0.3 is 22.1 Å². The Morgan fingerprint density at radius 3 is 2.32 bits per heavy atom. The molecule has 0 aliphatic heterocycles. The van der Waals surface area contributed by atoms with E-state index in [4.69, 9.17) is 11.5 Å². The number of benzene rings is 3. The van der Waals surface area contributed by atoms with Crippen molar-refractivity contribution in [1.82, 2.24) is 20.3 Å². The zero-order chi connectivity index (χ0) is 23.9. The molecule has 6 N–H and O–H groups in total. The lowest BCUT2D eigenvalue weighted by molar-refractivity contribution is -0.111. The van der Waals surface area contributed by atoms with Crippen molar-refractivity contribution in [3.63, 3.8) is 0 Å². The third-order valence-corrected chi connectivity index (χ3v) is 4.92. The SMILES string of the molecule is Nc1ccccc1NC(=O)/C=C/c1ccc(CNC(=O)c2nn(-c3ccccc3)nc2N)cc1. The number of nitrogens with two attached hydrogens (primary N) is 2. The molecule has 1 heterocycles. The van der Waals surface area contributed by atoms with E-state index in [9.17, 15) is 9.59 Å². The van der Waals surface area contributed by atoms with Crippen molar-refractivity contribution < 1.29 is 9.59 Å². The summed E-state index contributed by atoms with van der Waals surface area (Å²) in [7, 11) is 0. The fraction of sp³-hybridized carbons (Fsp3) is 0.0400. The molecule has 0 atom stereocenters. The summed E-state index contributed by atoms with van der Waals surface area (Å²) in [5.41, 5.74) is 15.3. The molecule has 1 aromatic heterocycles. The number of rotatable bonds is 7. The first kappa shape index (κ1) is 22.3. The van der Waals surface area contributed by atoms with Crippen LogP contribution in [0.3, 0.4) is 0 Å². The second-order valence-corrected chi connectivity index (χ2v) is 7.39. The van der Waals surface area contributed by atoms with E-state index in [0.29, 0.717) is 17.1 Å². The molecule has 0 fully saturated rings. The predicted octanol–water partition coefficient (Wildman–Crippen LogP) is 3.01. The second-order valence-electron chi connectivity index (χ2n) is 7.39. The van der Waals surface area contributed by atoms with Crippen molar-refractivity contribution in [2.45, 2.75) is 6.54 Å². The van der Waals surface area contributed by atoms with Crippen LogP contribution in [0.5, 0.6) is 0 Å². The summed E-state index contributed by atoms with van der Waals surface area (Å²) >= 11 is 0. The van der Waals surface area contributed by atoms with Gasteiger partial charge in [0.05, 0.1) is 17.1 Å². The summed E-state index contributed by atoms with van der Waals surface area (Å²) in [5, 5.41) is 13.8. The lowest BCUT2D eigenvalue weighted by Gasteiger charge is -2.05. The van der Waals surface area contributed by atoms with Crippen LogP contribution in [-0.4, -0.2) is 26.8 Å². The van der Waals surface area contributed by atoms with Gasteiger partial charge in [-0.1, -0.05) is 54.6 Å². The monoisotopic (exact) mass is 453 g/mol. The van der Waals surface area contributed by atoms with Crippen molar-refractivity contribution in [2.75, 3.05) is 16.8 Å². The van der Waals surface area contributed by atoms with E-state index >= 15 is 0 Å². The highest BCUT2D eigenvalue weighted by atomic mass is 16.2. The van der Waals surface area contributed by atoms with Gasteiger partial charge in [-0.05, 0) is 41.5 Å². The molecule has 3 aromatic carbocycles. The highest BCUT2D eigenvalue weighted by molar-refractivity contribution is 6.03. The number of aromatic nitrogens is 3. The van der Waals surface area contributed by atoms with Gasteiger partial charge in [0.2, 0.25) is 5.91 Å². The summed E-state index contributed by atoms with van der Waals surface area (Å²) in [4.78, 5) is 26.0. The number of carbonyl (C=O) groups excluding carboxylic acids is 2. The Morgan fingerprint density at radius 2 is 1.59 bits per heavy atom. The van der Waals surface area contributed by atoms with Crippen LogP contribution in [0, 0.1) is 0 Å². The maximum absolute atomic E-state index is 12.5. The van der Waals surface area contributed by atoms with Crippen LogP contribution in [0.25, 0.3) is 11.8 Å². The van der Waals surface area contributed by atoms with Gasteiger partial charge in [0.15, 0.2) is 11.5 Å². The summed E-state index contributed by atoms with van der Waals surface area (Å²) in [6, 6.07) is 23.7. The lowest BCUT2D eigenvalue weighted by Crippen LogP contribution is -2.24. The van der Waals surface area contributed by atoms with E-state index < -0.39 is 5.91 Å². The van der Waals surface area contributed by atoms with Crippen LogP contribution in [0.2, 0.25) is 0 Å². The van der Waals surface area contributed by atoms with E-state index in [1.54, 1.807) is 30.3 Å². The number of carbonyl (C=O) groups is 2. The molecular formula is C25H23N7O2. The van der Waals surface area contributed by atoms with Crippen molar-refractivity contribution >= 4 is 35.1 Å². The van der Waals surface area contributed by atoms with Crippen molar-refractivity contribution in [3.8, 4) is 5.69 Å². The zero-order valence-electron chi connectivity index (χ0n) is 18.2. The molecule has 0 spiro atoms. The number of hydrogen-bond acceptors (Lipinski definition) is 6. The molecule has 9 heteroatoms. The Bertz CT molecular complexity index is 1330. The predicted molar refractivity (Wildman–Crippen MR) is 132 cm³/mol. The molecule has 0 aliphatic carbocycles. The summed E-state index contributed by atoms with van der Waals surface area (Å²) in [5.74, 6) is -0.645. The topological polar surface area (TPSA) is 141 Å². The van der Waals surface area contributed by atoms with Gasteiger partial charge in [-0.15, -0.1) is 15.0 Å². The van der Waals surface area contributed by atoms with Gasteiger partial charge >= 0.3 is 0 Å². The lowest BCUT2D eigenvalue weighted by atomic mass is 10.1. The molecule has 170 valence electrons. The molecule has 0 radical (unpaired) electrons. The molecular weight excluding hydrogens is 430 g/mol. The molecule has 0 saturated heterocycles. The molecule has 34 heavy (non-hydrogen) atoms. The molecule has 4 aromatic rings. The van der Waals surface area contributed by atoms with Crippen molar-refractivity contribution in [3.05, 3.63) is 102 Å². The second kappa shape index (κ2) is 10.1. The minimum absolute atomic E-state index is 0.0531. The smallest absolute Gasteiger partial charge is 0.275 e. The number of amides is 2. The van der Waals surface area contributed by atoms with Crippen LogP contribution in [0.4, 0.5) is 17.2 Å². The number of para-hydroxylation sites is 3. The Balaban J connectivity index is 1.32. The molecule has 2 amide bonds. The van der Waals surface area contributed by atoms with Crippen molar-refractivity contribution in [2.24, 2.45) is 0 Å². The van der Waals surface area contributed by atoms with E-state index in [2.05, 4.69) is 20.8 Å². The summed E-state index contributed by atoms with van der Waals surface area (Å²) in [6.45, 7) is 0.286. The number of anilines is 3. The van der Waals surface area contributed by atoms with E-state index in [-0.39, 0.29) is 24.0 Å².